The molecule has 0 aromatic carbocycles. The van der Waals surface area contributed by atoms with Gasteiger partial charge in [0.25, 0.3) is 0 Å². The number of ether oxygens (including phenoxy) is 1. The van der Waals surface area contributed by atoms with E-state index < -0.39 is 5.72 Å². The van der Waals surface area contributed by atoms with Gasteiger partial charge in [-0.2, -0.15) is 0 Å². The summed E-state index contributed by atoms with van der Waals surface area (Å²) >= 11 is 0. The van der Waals surface area contributed by atoms with Gasteiger partial charge in [-0.3, -0.25) is 5.32 Å². The second kappa shape index (κ2) is 4.22. The van der Waals surface area contributed by atoms with Gasteiger partial charge in [0, 0.05) is 18.5 Å². The Morgan fingerprint density at radius 1 is 1.67 bits per heavy atom. The molecular formula is C10H15N3O2. The molecule has 1 aromatic heterocycles. The third kappa shape index (κ3) is 2.14. The van der Waals surface area contributed by atoms with E-state index in [-0.39, 0.29) is 0 Å². The van der Waals surface area contributed by atoms with E-state index in [0.717, 1.165) is 13.2 Å². The van der Waals surface area contributed by atoms with Crippen molar-refractivity contribution < 1.29 is 9.84 Å². The summed E-state index contributed by atoms with van der Waals surface area (Å²) in [6.07, 6.45) is 3.68. The number of hydrogen-bond acceptors (Lipinski definition) is 5. The minimum atomic E-state index is -1.07. The summed E-state index contributed by atoms with van der Waals surface area (Å²) in [5, 5.41) is 13.3. The lowest BCUT2D eigenvalue weighted by Gasteiger charge is -2.34. The number of hydrogen-bond donors (Lipinski definition) is 2. The number of aliphatic hydroxyl groups is 1. The second-order valence-corrected chi connectivity index (χ2v) is 3.81. The maximum Gasteiger partial charge on any atom is 0.159 e. The Labute approximate surface area is 88.5 Å². The van der Waals surface area contributed by atoms with Crippen molar-refractivity contribution >= 4 is 0 Å². The van der Waals surface area contributed by atoms with E-state index in [0.29, 0.717) is 18.0 Å². The molecule has 82 valence electrons. The molecule has 0 aliphatic carbocycles. The maximum atomic E-state index is 10.4. The first-order valence-electron chi connectivity index (χ1n) is 5.00. The molecule has 2 N–H and O–H groups in total. The fourth-order valence-electron chi connectivity index (χ4n) is 1.69. The lowest BCUT2D eigenvalue weighted by molar-refractivity contribution is -0.0956. The van der Waals surface area contributed by atoms with E-state index in [1.807, 2.05) is 0 Å². The number of nitrogens with zero attached hydrogens (tertiary/aromatic N) is 2. The van der Waals surface area contributed by atoms with Crippen LogP contribution < -0.4 is 5.32 Å². The minimum absolute atomic E-state index is 0.400. The fourth-order valence-corrected chi connectivity index (χ4v) is 1.69. The van der Waals surface area contributed by atoms with Crippen LogP contribution in [0.4, 0.5) is 0 Å². The van der Waals surface area contributed by atoms with Gasteiger partial charge in [-0.25, -0.2) is 9.97 Å². The molecule has 1 aliphatic heterocycles. The van der Waals surface area contributed by atoms with Crippen molar-refractivity contribution in [1.82, 2.24) is 15.3 Å². The molecule has 2 heterocycles. The van der Waals surface area contributed by atoms with E-state index in [2.05, 4.69) is 15.3 Å². The third-order valence-electron chi connectivity index (χ3n) is 2.71. The van der Waals surface area contributed by atoms with Crippen LogP contribution in [0, 0.1) is 5.92 Å². The lowest BCUT2D eigenvalue weighted by Crippen LogP contribution is -2.45. The average molecular weight is 209 g/mol. The lowest BCUT2D eigenvalue weighted by atomic mass is 9.93. The molecule has 0 amide bonds. The zero-order valence-electron chi connectivity index (χ0n) is 8.68. The standard InChI is InChI=1S/C10H15N3O2/c1-11-10(14,4-8-5-15-6-8)9-2-3-12-7-13-9/h2-3,7-8,11,14H,4-6H2,1H3. The molecule has 1 fully saturated rings. The summed E-state index contributed by atoms with van der Waals surface area (Å²) in [6.45, 7) is 1.43. The summed E-state index contributed by atoms with van der Waals surface area (Å²) in [7, 11) is 1.72. The first kappa shape index (κ1) is 10.5. The molecule has 1 saturated heterocycles. The fraction of sp³-hybridized carbons (Fsp3) is 0.600. The molecule has 5 heteroatoms. The smallest absolute Gasteiger partial charge is 0.159 e. The van der Waals surface area contributed by atoms with Crippen LogP contribution in [0.25, 0.3) is 0 Å². The van der Waals surface area contributed by atoms with Crippen molar-refractivity contribution in [1.29, 1.82) is 0 Å². The van der Waals surface area contributed by atoms with Crippen LogP contribution in [0.1, 0.15) is 12.1 Å². The number of rotatable bonds is 4. The highest BCUT2D eigenvalue weighted by molar-refractivity contribution is 5.09. The molecule has 1 atom stereocenters. The highest BCUT2D eigenvalue weighted by Crippen LogP contribution is 2.27. The van der Waals surface area contributed by atoms with Crippen LogP contribution in [0.3, 0.4) is 0 Å². The number of aromatic nitrogens is 2. The first-order valence-corrected chi connectivity index (χ1v) is 5.00. The largest absolute Gasteiger partial charge is 0.381 e. The van der Waals surface area contributed by atoms with Crippen molar-refractivity contribution in [3.05, 3.63) is 24.3 Å². The van der Waals surface area contributed by atoms with Crippen molar-refractivity contribution in [3.63, 3.8) is 0 Å². The molecule has 1 aromatic rings. The molecule has 0 spiro atoms. The molecular weight excluding hydrogens is 194 g/mol. The normalized spacial score (nSPS) is 20.7. The van der Waals surface area contributed by atoms with E-state index in [1.165, 1.54) is 6.33 Å². The molecule has 1 unspecified atom stereocenters. The van der Waals surface area contributed by atoms with Gasteiger partial charge in [0.1, 0.15) is 6.33 Å². The van der Waals surface area contributed by atoms with E-state index in [4.69, 9.17) is 4.74 Å². The Kier molecular flexibility index (Phi) is 2.95. The van der Waals surface area contributed by atoms with Crippen molar-refractivity contribution in [2.45, 2.75) is 12.1 Å². The summed E-state index contributed by atoms with van der Waals surface area (Å²) in [4.78, 5) is 7.90. The van der Waals surface area contributed by atoms with E-state index in [1.54, 1.807) is 19.3 Å². The summed E-state index contributed by atoms with van der Waals surface area (Å²) < 4.78 is 5.09. The Balaban J connectivity index is 2.12. The van der Waals surface area contributed by atoms with Gasteiger partial charge in [0.05, 0.1) is 18.9 Å². The first-order chi connectivity index (χ1) is 7.24. The van der Waals surface area contributed by atoms with Crippen LogP contribution in [0.5, 0.6) is 0 Å². The molecule has 1 aliphatic rings. The van der Waals surface area contributed by atoms with Gasteiger partial charge in [-0.15, -0.1) is 0 Å². The Bertz CT molecular complexity index is 316. The van der Waals surface area contributed by atoms with Crippen LogP contribution in [0.2, 0.25) is 0 Å². The van der Waals surface area contributed by atoms with Crippen molar-refractivity contribution in [2.24, 2.45) is 5.92 Å². The van der Waals surface area contributed by atoms with Crippen molar-refractivity contribution in [3.8, 4) is 0 Å². The SMILES string of the molecule is CNC(O)(CC1COC1)c1ccncn1. The highest BCUT2D eigenvalue weighted by atomic mass is 16.5. The van der Waals surface area contributed by atoms with Gasteiger partial charge < -0.3 is 9.84 Å². The van der Waals surface area contributed by atoms with Gasteiger partial charge in [0.2, 0.25) is 0 Å². The quantitative estimate of drug-likeness (QED) is 0.677. The highest BCUT2D eigenvalue weighted by Gasteiger charge is 2.34. The Hall–Kier alpha value is -1.04. The predicted octanol–water partition coefficient (Wildman–Crippen LogP) is -0.122. The minimum Gasteiger partial charge on any atom is -0.381 e. The Morgan fingerprint density at radius 2 is 2.47 bits per heavy atom. The summed E-state index contributed by atoms with van der Waals surface area (Å²) in [5.41, 5.74) is -0.468. The van der Waals surface area contributed by atoms with Gasteiger partial charge in [0.15, 0.2) is 5.72 Å². The van der Waals surface area contributed by atoms with E-state index >= 15 is 0 Å². The van der Waals surface area contributed by atoms with Crippen LogP contribution in [-0.2, 0) is 10.5 Å². The molecule has 0 saturated carbocycles. The molecule has 2 rings (SSSR count). The monoisotopic (exact) mass is 209 g/mol. The van der Waals surface area contributed by atoms with Crippen LogP contribution >= 0.6 is 0 Å². The summed E-state index contributed by atoms with van der Waals surface area (Å²) in [5.74, 6) is 0.400. The topological polar surface area (TPSA) is 67.3 Å². The zero-order valence-corrected chi connectivity index (χ0v) is 8.68. The second-order valence-electron chi connectivity index (χ2n) is 3.81. The van der Waals surface area contributed by atoms with Gasteiger partial charge in [-0.1, -0.05) is 0 Å². The van der Waals surface area contributed by atoms with Crippen molar-refractivity contribution in [2.75, 3.05) is 20.3 Å². The van der Waals surface area contributed by atoms with Crippen LogP contribution in [0.15, 0.2) is 18.6 Å². The van der Waals surface area contributed by atoms with Gasteiger partial charge in [-0.05, 0) is 13.1 Å². The number of nitrogens with one attached hydrogen (secondary N) is 1. The maximum absolute atomic E-state index is 10.4. The predicted molar refractivity (Wildman–Crippen MR) is 53.9 cm³/mol. The molecule has 0 radical (unpaired) electrons. The molecule has 0 bridgehead atoms. The third-order valence-corrected chi connectivity index (χ3v) is 2.71. The molecule has 5 nitrogen and oxygen atoms in total. The zero-order chi connectivity index (χ0) is 10.7. The molecule has 15 heavy (non-hydrogen) atoms. The van der Waals surface area contributed by atoms with E-state index in [9.17, 15) is 5.11 Å². The summed E-state index contributed by atoms with van der Waals surface area (Å²) in [6, 6.07) is 1.72. The Morgan fingerprint density at radius 3 is 2.93 bits per heavy atom. The van der Waals surface area contributed by atoms with Crippen LogP contribution in [-0.4, -0.2) is 35.3 Å². The average Bonchev–Trinajstić information content (AvgIpc) is 2.24. The van der Waals surface area contributed by atoms with Gasteiger partial charge >= 0.3 is 0 Å².